The zero-order valence-electron chi connectivity index (χ0n) is 72.2. The second-order valence-corrected chi connectivity index (χ2v) is 39.2. The number of anilines is 2. The molecule has 0 saturated heterocycles. The molecule has 50 heteroatoms. The van der Waals surface area contributed by atoms with Crippen LogP contribution in [0.1, 0.15) is 95.2 Å². The van der Waals surface area contributed by atoms with Gasteiger partial charge in [0.1, 0.15) is 5.34 Å². The van der Waals surface area contributed by atoms with Crippen LogP contribution < -0.4 is 81.4 Å². The summed E-state index contributed by atoms with van der Waals surface area (Å²) in [6.07, 6.45) is 0.287. The smallest absolute Gasteiger partial charge is 0.635 e. The van der Waals surface area contributed by atoms with Gasteiger partial charge in [-0.15, -0.1) is 52.2 Å². The van der Waals surface area contributed by atoms with E-state index in [1.807, 2.05) is 32.0 Å². The van der Waals surface area contributed by atoms with Crippen molar-refractivity contribution < 1.29 is 137 Å². The van der Waals surface area contributed by atoms with Gasteiger partial charge in [-0.3, -0.25) is 107 Å². The van der Waals surface area contributed by atoms with Gasteiger partial charge in [0.15, 0.2) is 23.9 Å². The maximum absolute atomic E-state index is 12.3. The molecule has 9 aromatic rings. The van der Waals surface area contributed by atoms with Crippen molar-refractivity contribution >= 4 is 198 Å². The number of Topliss-reactive ketones (excluding diaryl/α,β-unsaturated/α-hetero) is 4. The number of methoxy groups -OCH3 is 1. The summed E-state index contributed by atoms with van der Waals surface area (Å²) < 4.78 is 68.1. The maximum atomic E-state index is 12.3. The van der Waals surface area contributed by atoms with Crippen molar-refractivity contribution in [3.05, 3.63) is 238 Å². The number of hydrogen-bond acceptors (Lipinski definition) is 28. The summed E-state index contributed by atoms with van der Waals surface area (Å²) in [5.74, 6) is -3.33. The molecule has 0 fully saturated rings. The van der Waals surface area contributed by atoms with Crippen LogP contribution in [0.15, 0.2) is 159 Å². The molecule has 12 rings (SSSR count). The number of pyridine rings is 3. The molecule has 5 heterocycles. The number of alkyl halides is 2. The minimum atomic E-state index is -4.67. The first-order valence-corrected chi connectivity index (χ1v) is 45.2. The van der Waals surface area contributed by atoms with E-state index >= 15 is 0 Å². The van der Waals surface area contributed by atoms with Crippen LogP contribution in [0.5, 0.6) is 17.2 Å². The van der Waals surface area contributed by atoms with Gasteiger partial charge < -0.3 is 59.0 Å². The predicted molar refractivity (Wildman–Crippen MR) is 489 cm³/mol. The largest absolute Gasteiger partial charge is 1.00 e. The number of para-hydroxylation sites is 1. The Bertz CT molecular complexity index is 5710. The van der Waals surface area contributed by atoms with E-state index in [9.17, 15) is 103 Å². The normalized spacial score (nSPS) is 11.3. The quantitative estimate of drug-likeness (QED) is 0.00931. The fraction of sp³-hybridized carbons (Fsp3) is 0.312. The van der Waals surface area contributed by atoms with E-state index in [1.165, 1.54) is 122 Å². The van der Waals surface area contributed by atoms with Gasteiger partial charge in [-0.25, -0.2) is 0 Å². The van der Waals surface area contributed by atoms with Crippen LogP contribution in [-0.2, 0) is 65.4 Å². The number of benzene rings is 6. The number of ketones is 4. The number of nitrogens with zero attached hydrogens (tertiary/aromatic N) is 10. The Hall–Kier alpha value is -11.1. The summed E-state index contributed by atoms with van der Waals surface area (Å²) >= 11 is 12.3. The molecule has 3 aliphatic rings. The van der Waals surface area contributed by atoms with E-state index in [0.29, 0.717) is 94.5 Å². The molecule has 0 unspecified atom stereocenters. The number of carbonyl (C=O) groups excluding carboxylic acids is 8. The minimum absolute atomic E-state index is 0. The Kier molecular flexibility index (Phi) is 54.5. The third kappa shape index (κ3) is 38.5. The molecule has 0 spiro atoms. The summed E-state index contributed by atoms with van der Waals surface area (Å²) in [6, 6.07) is 35.1. The molecular weight excluding hydrogens is 1990 g/mol. The summed E-state index contributed by atoms with van der Waals surface area (Å²) in [7, 11) is -1.82. The molecule has 0 radical (unpaired) electrons. The first-order valence-electron chi connectivity index (χ1n) is 37.3. The topological polar surface area (TPSA) is 581 Å². The number of likely N-dealkylation sites (N-methyl/N-ethyl adjacent to an activating group) is 3. The molecule has 5 N–H and O–H groups in total. The summed E-state index contributed by atoms with van der Waals surface area (Å²) in [4.78, 5) is 179. The molecule has 0 saturated carbocycles. The Morgan fingerprint density at radius 1 is 0.575 bits per heavy atom. The SMILES string of the molecule is BrB(Br)Br.C.CCN1C(=O)C(=O)c2cc([N+](=O)[O-])ccc21.CCN1C(=O)C(=O)c2ccccc21.CCn1c(=O)c(O)cc2cc([N+](=O)[O-])ccc21.CCn1c(=O)c(OC)cc2cc([N+](=O)[O-])ccc21.CCn1c(=O)c(OCC(=O)NC)cc2cc([N+](=O)[O-])ccc21.CNC(=O)CBr.C[Si](C)(C)C.O=C1Cc2ccccc2C1=O.O=NO[O-].O=S(=O)(O)O.[2H]CC.[2H]CF.[Na+]. The Morgan fingerprint density at radius 2 is 0.906 bits per heavy atom. The predicted octanol–water partition coefficient (Wildman–Crippen LogP) is 9.80. The van der Waals surface area contributed by atoms with E-state index < -0.39 is 80.0 Å². The summed E-state index contributed by atoms with van der Waals surface area (Å²) in [6.45, 7) is 22.4. The van der Waals surface area contributed by atoms with Gasteiger partial charge in [-0.05, 0) is 94.8 Å². The van der Waals surface area contributed by atoms with E-state index in [1.54, 1.807) is 71.1 Å². The summed E-state index contributed by atoms with van der Waals surface area (Å²) in [5.41, 5.74) is 3.62. The zero-order chi connectivity index (χ0) is 97.7. The second kappa shape index (κ2) is 59.8. The number of nitro groups is 4. The van der Waals surface area contributed by atoms with Gasteiger partial charge >= 0.3 is 43.1 Å². The number of ether oxygens (including phenoxy) is 2. The van der Waals surface area contributed by atoms with Gasteiger partial charge in [0.2, 0.25) is 17.5 Å². The number of hydrogen-bond donors (Lipinski definition) is 5. The van der Waals surface area contributed by atoms with Crippen LogP contribution in [0.25, 0.3) is 32.7 Å². The molecule has 41 nitrogen and oxygen atoms in total. The van der Waals surface area contributed by atoms with E-state index in [-0.39, 0.29) is 128 Å². The van der Waals surface area contributed by atoms with Crippen LogP contribution in [0.3, 0.4) is 0 Å². The van der Waals surface area contributed by atoms with Crippen molar-refractivity contribution in [1.82, 2.24) is 24.3 Å². The molecular formula is C77H93BBr4FN12NaO29SSi. The molecule has 684 valence electrons. The molecule has 4 amide bonds. The van der Waals surface area contributed by atoms with Gasteiger partial charge in [-0.1, -0.05) is 99.8 Å². The number of aryl methyl sites for hydroxylation is 3. The van der Waals surface area contributed by atoms with Crippen LogP contribution in [0, 0.1) is 45.4 Å². The number of amides is 4. The molecule has 3 aromatic heterocycles. The third-order valence-corrected chi connectivity index (χ3v) is 16.1. The number of nitrogens with one attached hydrogen (secondary N) is 2. The zero-order valence-corrected chi connectivity index (χ0v) is 80.3. The van der Waals surface area contributed by atoms with Gasteiger partial charge in [0.25, 0.3) is 68.7 Å². The molecule has 1 aliphatic carbocycles. The molecule has 127 heavy (non-hydrogen) atoms. The van der Waals surface area contributed by atoms with E-state index in [4.69, 9.17) is 39.9 Å². The number of fused-ring (bicyclic) bond motifs is 6. The van der Waals surface area contributed by atoms with Crippen LogP contribution in [0.4, 0.5) is 38.5 Å². The Morgan fingerprint density at radius 3 is 1.25 bits per heavy atom. The minimum Gasteiger partial charge on any atom is -0.635 e. The number of carbonyl (C=O) groups is 8. The first kappa shape index (κ1) is 116. The second-order valence-electron chi connectivity index (χ2n) is 25.3. The van der Waals surface area contributed by atoms with Crippen molar-refractivity contribution in [2.45, 2.75) is 108 Å². The van der Waals surface area contributed by atoms with Crippen LogP contribution in [-0.4, -0.2) is 167 Å². The number of aromatic nitrogens is 3. The van der Waals surface area contributed by atoms with Crippen molar-refractivity contribution in [1.29, 1.82) is 0 Å². The van der Waals surface area contributed by atoms with Gasteiger partial charge in [-0.2, -0.15) is 8.42 Å². The first-order chi connectivity index (χ1) is 59.5. The molecule has 2 aliphatic heterocycles. The van der Waals surface area contributed by atoms with Crippen LogP contribution in [0.2, 0.25) is 26.2 Å². The average molecular weight is 2090 g/mol. The summed E-state index contributed by atoms with van der Waals surface area (Å²) in [5, 5.41) is 68.7. The number of nitro benzene ring substituents is 4. The number of aromatic hydroxyl groups is 1. The Balaban J connectivity index is -0.00000139. The number of halogens is 5. The van der Waals surface area contributed by atoms with Crippen molar-refractivity contribution in [2.75, 3.05) is 63.2 Å². The third-order valence-electron chi connectivity index (χ3n) is 15.6. The van der Waals surface area contributed by atoms with Crippen molar-refractivity contribution in [3.63, 3.8) is 0 Å². The number of rotatable bonds is 15. The Labute approximate surface area is 786 Å². The van der Waals surface area contributed by atoms with Gasteiger partial charge in [0.05, 0.1) is 79.7 Å². The van der Waals surface area contributed by atoms with Gasteiger partial charge in [0, 0.05) is 133 Å². The fourth-order valence-corrected chi connectivity index (χ4v) is 10.7. The van der Waals surface area contributed by atoms with Crippen molar-refractivity contribution in [3.8, 4) is 17.2 Å². The molecule has 0 bridgehead atoms. The van der Waals surface area contributed by atoms with E-state index in [2.05, 4.69) is 105 Å². The average Bonchev–Trinajstić information content (AvgIpc) is 1.67. The van der Waals surface area contributed by atoms with Crippen molar-refractivity contribution in [2.24, 2.45) is 5.34 Å². The molecule has 6 aromatic carbocycles. The van der Waals surface area contributed by atoms with Crippen LogP contribution >= 0.6 is 63.2 Å². The van der Waals surface area contributed by atoms with E-state index in [0.717, 1.165) is 17.3 Å². The number of non-ortho nitro benzene ring substituents is 4. The standard InChI is InChI=1S/C14H15N3O5.C12H12N2O4.C11H10N2O4.C10H8N2O4.C10H9NO2.C9H6O2.C4H12Si.C3H6BrNO.C2H6.CH3F.CH4.BBr3.HNO3.Na.H2O4S/c1-3-16-11-5-4-10(17(20)21)6-9(11)7-12(14(16)19)22-8-13(18)15-2;1-3-13-10-5-4-9(14(16)17)6-8(10)7-11(18-2)12(13)15;1-2-12-9-4-3-8(13(16)17)5-7(9)6-10(14)11(12)15;1-2-11-8-4-3-6(12(15)16)5-7(8)9(13)10(11)14;1-2-11-8-6-4-3-5-7(8)9(12)10(11)13;10-8-5-6-3-1-2-4-7(6)9(8)11;1-5(2,3)4;1-5-3(6)2-4;2*1-2;;2-1(3)4;2-1-4-3;;1-5(2,3)4/h4-7H,3,8H2,1-2H3,(H,15,18);4-7H,3H2,1-2H3;3-6,14H,2H2,1H3;3-5H,2H2,1H3;3-6H,2H2,1H3;1-4H,5H2;1-4H3;2H2,1H3,(H,5,6);1-2H3;1H3;1H4;;3H;;(H2,1,2,3,4)/q;;;;;;;;;;;;;+1;/p-1/i;;;;;;;;2*1D;;;;;. The fourth-order valence-electron chi connectivity index (χ4n) is 10.4. The maximum Gasteiger partial charge on any atom is 1.00 e. The monoisotopic (exact) mass is 2080 g/mol. The molecule has 0 atom stereocenters.